The molecule has 0 N–H and O–H groups in total. The highest BCUT2D eigenvalue weighted by Crippen LogP contribution is 2.41. The number of rotatable bonds is 4. The van der Waals surface area contributed by atoms with Crippen molar-refractivity contribution < 1.29 is 14.3 Å². The van der Waals surface area contributed by atoms with Gasteiger partial charge >= 0.3 is 5.97 Å². The summed E-state index contributed by atoms with van der Waals surface area (Å²) in [4.78, 5) is 26.6. The second kappa shape index (κ2) is 8.11. The van der Waals surface area contributed by atoms with E-state index in [-0.39, 0.29) is 11.5 Å². The molecule has 27 heavy (non-hydrogen) atoms. The molecule has 3 rings (SSSR count). The second-order valence-electron chi connectivity index (χ2n) is 6.09. The van der Waals surface area contributed by atoms with E-state index < -0.39 is 11.2 Å². The van der Waals surface area contributed by atoms with Crippen molar-refractivity contribution in [1.29, 1.82) is 5.26 Å². The van der Waals surface area contributed by atoms with Crippen molar-refractivity contribution in [2.75, 3.05) is 12.0 Å². The van der Waals surface area contributed by atoms with Crippen LogP contribution in [0.4, 0.5) is 5.69 Å². The van der Waals surface area contributed by atoms with Gasteiger partial charge in [-0.2, -0.15) is 5.26 Å². The summed E-state index contributed by atoms with van der Waals surface area (Å²) >= 11 is 1.23. The summed E-state index contributed by atoms with van der Waals surface area (Å²) in [5.41, 5.74) is 2.63. The molecule has 0 saturated carbocycles. The van der Waals surface area contributed by atoms with E-state index in [1.54, 1.807) is 12.1 Å². The Hall–Kier alpha value is -3.04. The Morgan fingerprint density at radius 2 is 1.85 bits per heavy atom. The molecule has 5 nitrogen and oxygen atoms in total. The number of hydrogen-bond acceptors (Lipinski definition) is 5. The maximum atomic E-state index is 13.1. The van der Waals surface area contributed by atoms with Crippen LogP contribution in [0, 0.1) is 18.3 Å². The van der Waals surface area contributed by atoms with Gasteiger partial charge in [0, 0.05) is 5.69 Å². The van der Waals surface area contributed by atoms with Crippen LogP contribution < -0.4 is 4.90 Å². The topological polar surface area (TPSA) is 70.4 Å². The first-order chi connectivity index (χ1) is 13.0. The number of anilines is 1. The average Bonchev–Trinajstić information content (AvgIpc) is 3.00. The SMILES string of the molecule is COC(=O)/C(C#N)=C1/S[C@H](Cc2ccc(C)cc2)C(=O)N1c1ccccc1. The summed E-state index contributed by atoms with van der Waals surface area (Å²) in [7, 11) is 1.22. The minimum Gasteiger partial charge on any atom is -0.465 e. The lowest BCUT2D eigenvalue weighted by Gasteiger charge is -2.18. The molecule has 0 bridgehead atoms. The fourth-order valence-electron chi connectivity index (χ4n) is 2.82. The number of carbonyl (C=O) groups excluding carboxylic acids is 2. The smallest absolute Gasteiger partial charge is 0.351 e. The van der Waals surface area contributed by atoms with Crippen LogP contribution >= 0.6 is 11.8 Å². The van der Waals surface area contributed by atoms with Gasteiger partial charge in [-0.15, -0.1) is 0 Å². The Morgan fingerprint density at radius 3 is 2.44 bits per heavy atom. The Morgan fingerprint density at radius 1 is 1.19 bits per heavy atom. The van der Waals surface area contributed by atoms with E-state index in [0.717, 1.165) is 11.1 Å². The van der Waals surface area contributed by atoms with Gasteiger partial charge in [0.2, 0.25) is 5.91 Å². The lowest BCUT2D eigenvalue weighted by molar-refractivity contribution is -0.135. The largest absolute Gasteiger partial charge is 0.465 e. The summed E-state index contributed by atoms with van der Waals surface area (Å²) in [6.45, 7) is 2.01. The molecule has 1 fully saturated rings. The Bertz CT molecular complexity index is 930. The van der Waals surface area contributed by atoms with Crippen molar-refractivity contribution in [3.8, 4) is 6.07 Å². The van der Waals surface area contributed by atoms with E-state index in [1.807, 2.05) is 55.5 Å². The van der Waals surface area contributed by atoms with Crippen molar-refractivity contribution in [3.63, 3.8) is 0 Å². The number of hydrogen-bond donors (Lipinski definition) is 0. The number of ether oxygens (including phenoxy) is 1. The van der Waals surface area contributed by atoms with E-state index in [4.69, 9.17) is 4.74 Å². The van der Waals surface area contributed by atoms with E-state index in [9.17, 15) is 14.9 Å². The molecule has 0 spiro atoms. The van der Waals surface area contributed by atoms with Gasteiger partial charge in [-0.25, -0.2) is 4.79 Å². The molecule has 1 heterocycles. The third-order valence-corrected chi connectivity index (χ3v) is 5.49. The predicted molar refractivity (Wildman–Crippen MR) is 105 cm³/mol. The third-order valence-electron chi connectivity index (χ3n) is 4.22. The second-order valence-corrected chi connectivity index (χ2v) is 7.28. The number of esters is 1. The van der Waals surface area contributed by atoms with Crippen molar-refractivity contribution in [1.82, 2.24) is 0 Å². The van der Waals surface area contributed by atoms with Crippen LogP contribution in [0.2, 0.25) is 0 Å². The van der Waals surface area contributed by atoms with Gasteiger partial charge in [0.25, 0.3) is 0 Å². The van der Waals surface area contributed by atoms with Gasteiger partial charge in [-0.05, 0) is 31.0 Å². The minimum absolute atomic E-state index is 0.154. The van der Waals surface area contributed by atoms with Gasteiger partial charge in [-0.3, -0.25) is 9.69 Å². The number of thioether (sulfide) groups is 1. The van der Waals surface area contributed by atoms with E-state index in [2.05, 4.69) is 0 Å². The number of aryl methyl sites for hydroxylation is 1. The molecule has 1 saturated heterocycles. The Balaban J connectivity index is 2.02. The fourth-order valence-corrected chi connectivity index (χ4v) is 4.12. The number of methoxy groups -OCH3 is 1. The van der Waals surface area contributed by atoms with Crippen molar-refractivity contribution >= 4 is 29.3 Å². The van der Waals surface area contributed by atoms with Gasteiger partial charge < -0.3 is 4.74 Å². The maximum Gasteiger partial charge on any atom is 0.351 e. The fraction of sp³-hybridized carbons (Fsp3) is 0.190. The molecule has 2 aromatic carbocycles. The standard InChI is InChI=1S/C21H18N2O3S/c1-14-8-10-15(11-9-14)12-18-19(24)23(16-6-4-3-5-7-16)20(27-18)17(13-22)21(25)26-2/h3-11,18H,12H2,1-2H3/b20-17+/t18-/m1/s1. The predicted octanol–water partition coefficient (Wildman–Crippen LogP) is 3.59. The Kier molecular flexibility index (Phi) is 5.63. The van der Waals surface area contributed by atoms with Crippen molar-refractivity contribution in [2.24, 2.45) is 0 Å². The van der Waals surface area contributed by atoms with Crippen LogP contribution in [-0.4, -0.2) is 24.2 Å². The van der Waals surface area contributed by atoms with E-state index in [1.165, 1.54) is 23.8 Å². The van der Waals surface area contributed by atoms with Crippen molar-refractivity contribution in [3.05, 3.63) is 76.3 Å². The van der Waals surface area contributed by atoms with Gasteiger partial charge in [0.1, 0.15) is 11.1 Å². The minimum atomic E-state index is -0.746. The highest BCUT2D eigenvalue weighted by Gasteiger charge is 2.40. The molecule has 1 atom stereocenters. The normalized spacial score (nSPS) is 18.2. The molecule has 0 aromatic heterocycles. The molecule has 2 aromatic rings. The molecule has 136 valence electrons. The lowest BCUT2D eigenvalue weighted by atomic mass is 10.1. The van der Waals surface area contributed by atoms with Crippen LogP contribution in [-0.2, 0) is 20.7 Å². The van der Waals surface area contributed by atoms with Gasteiger partial charge in [0.15, 0.2) is 5.57 Å². The zero-order valence-electron chi connectivity index (χ0n) is 15.0. The zero-order valence-corrected chi connectivity index (χ0v) is 15.8. The number of benzene rings is 2. The molecule has 1 aliphatic heterocycles. The van der Waals surface area contributed by atoms with Crippen LogP contribution in [0.5, 0.6) is 0 Å². The average molecular weight is 378 g/mol. The summed E-state index contributed by atoms with van der Waals surface area (Å²) in [6, 6.07) is 18.9. The van der Waals surface area contributed by atoms with E-state index in [0.29, 0.717) is 17.1 Å². The lowest BCUT2D eigenvalue weighted by Crippen LogP contribution is -2.30. The van der Waals surface area contributed by atoms with Crippen LogP contribution in [0.15, 0.2) is 65.2 Å². The molecule has 0 radical (unpaired) electrons. The molecule has 0 unspecified atom stereocenters. The molecule has 6 heteroatoms. The first-order valence-electron chi connectivity index (χ1n) is 8.39. The molecular formula is C21H18N2O3S. The number of nitriles is 1. The Labute approximate surface area is 162 Å². The number of nitrogens with zero attached hydrogens (tertiary/aromatic N) is 2. The first kappa shape index (κ1) is 18.7. The highest BCUT2D eigenvalue weighted by atomic mass is 32.2. The summed E-state index contributed by atoms with van der Waals surface area (Å²) in [5.74, 6) is -0.900. The number of amides is 1. The van der Waals surface area contributed by atoms with Crippen LogP contribution in [0.3, 0.4) is 0 Å². The quantitative estimate of drug-likeness (QED) is 0.462. The first-order valence-corrected chi connectivity index (χ1v) is 9.27. The van der Waals surface area contributed by atoms with Gasteiger partial charge in [0.05, 0.1) is 12.4 Å². The molecular weight excluding hydrogens is 360 g/mol. The highest BCUT2D eigenvalue weighted by molar-refractivity contribution is 8.05. The summed E-state index contributed by atoms with van der Waals surface area (Å²) in [6.07, 6.45) is 0.510. The van der Waals surface area contributed by atoms with Crippen LogP contribution in [0.25, 0.3) is 0 Å². The zero-order chi connectivity index (χ0) is 19.4. The van der Waals surface area contributed by atoms with Crippen LogP contribution in [0.1, 0.15) is 11.1 Å². The number of para-hydroxylation sites is 1. The summed E-state index contributed by atoms with van der Waals surface area (Å²) < 4.78 is 4.73. The van der Waals surface area contributed by atoms with E-state index >= 15 is 0 Å². The summed E-state index contributed by atoms with van der Waals surface area (Å²) in [5, 5.41) is 9.38. The molecule has 1 amide bonds. The number of carbonyl (C=O) groups is 2. The molecule has 1 aliphatic rings. The van der Waals surface area contributed by atoms with Crippen molar-refractivity contribution in [2.45, 2.75) is 18.6 Å². The monoisotopic (exact) mass is 378 g/mol. The van der Waals surface area contributed by atoms with Gasteiger partial charge in [-0.1, -0.05) is 59.8 Å². The maximum absolute atomic E-state index is 13.1. The molecule has 0 aliphatic carbocycles. The third kappa shape index (κ3) is 3.88.